The van der Waals surface area contributed by atoms with Gasteiger partial charge in [-0.25, -0.2) is 4.79 Å². The molecule has 2 N–H and O–H groups in total. The van der Waals surface area contributed by atoms with Gasteiger partial charge in [-0.05, 0) is 39.2 Å². The lowest BCUT2D eigenvalue weighted by Gasteiger charge is -2.27. The summed E-state index contributed by atoms with van der Waals surface area (Å²) in [5.41, 5.74) is -0.604. The largest absolute Gasteiger partial charge is 0.509 e. The Morgan fingerprint density at radius 2 is 1.84 bits per heavy atom. The van der Waals surface area contributed by atoms with Gasteiger partial charge < -0.3 is 19.7 Å². The number of aliphatic hydroxyl groups is 2. The molecule has 0 fully saturated rings. The number of rotatable bonds is 1. The maximum absolute atomic E-state index is 11.6. The van der Waals surface area contributed by atoms with E-state index in [4.69, 9.17) is 9.47 Å². The van der Waals surface area contributed by atoms with Gasteiger partial charge in [0.25, 0.3) is 0 Å². The molecule has 0 saturated heterocycles. The van der Waals surface area contributed by atoms with Gasteiger partial charge in [0.1, 0.15) is 11.7 Å². The monoisotopic (exact) mass is 272 g/mol. The first-order chi connectivity index (χ1) is 8.67. The Kier molecular flexibility index (Phi) is 5.38. The molecule has 1 rings (SSSR count). The topological polar surface area (TPSA) is 76.0 Å². The van der Waals surface area contributed by atoms with Crippen molar-refractivity contribution in [1.82, 2.24) is 0 Å². The van der Waals surface area contributed by atoms with Gasteiger partial charge in [0.15, 0.2) is 0 Å². The van der Waals surface area contributed by atoms with Crippen LogP contribution in [-0.2, 0) is 9.47 Å². The molecule has 1 aliphatic rings. The van der Waals surface area contributed by atoms with Crippen LogP contribution >= 0.6 is 0 Å². The number of carbonyl (C=O) groups is 1. The van der Waals surface area contributed by atoms with Crippen LogP contribution in [0.5, 0.6) is 0 Å². The molecule has 110 valence electrons. The normalized spacial score (nSPS) is 34.0. The standard InChI is InChI=1S/C14H24O5/c1-9-7-11(6-5-10(15)8-12(9)16)18-13(17)19-14(2,3)4/h5-6,9-12,15-16H,7-8H2,1-4H3/b6-5+. The maximum Gasteiger partial charge on any atom is 0.509 e. The zero-order chi connectivity index (χ0) is 14.6. The molecule has 5 heteroatoms. The SMILES string of the molecule is CC1CC(OC(=O)OC(C)(C)C)/C=C/C(O)CC1O. The molecule has 1 aliphatic carbocycles. The van der Waals surface area contributed by atoms with E-state index >= 15 is 0 Å². The van der Waals surface area contributed by atoms with E-state index in [1.807, 2.05) is 6.92 Å². The summed E-state index contributed by atoms with van der Waals surface area (Å²) < 4.78 is 10.3. The van der Waals surface area contributed by atoms with Crippen molar-refractivity contribution in [2.75, 3.05) is 0 Å². The van der Waals surface area contributed by atoms with Crippen LogP contribution in [0.25, 0.3) is 0 Å². The van der Waals surface area contributed by atoms with Crippen LogP contribution in [0.15, 0.2) is 12.2 Å². The molecule has 5 nitrogen and oxygen atoms in total. The molecule has 0 spiro atoms. The summed E-state index contributed by atoms with van der Waals surface area (Å²) in [7, 11) is 0. The highest BCUT2D eigenvalue weighted by molar-refractivity contribution is 5.61. The second kappa shape index (κ2) is 6.39. The number of aliphatic hydroxyl groups excluding tert-OH is 2. The van der Waals surface area contributed by atoms with Crippen LogP contribution in [0.4, 0.5) is 4.79 Å². The Bertz CT molecular complexity index is 331. The van der Waals surface area contributed by atoms with Crippen molar-refractivity contribution < 1.29 is 24.5 Å². The van der Waals surface area contributed by atoms with Crippen LogP contribution in [0, 0.1) is 5.92 Å². The fourth-order valence-corrected chi connectivity index (χ4v) is 1.90. The lowest BCUT2D eigenvalue weighted by Crippen LogP contribution is -2.32. The minimum Gasteiger partial charge on any atom is -0.429 e. The second-order valence-electron chi connectivity index (χ2n) is 6.09. The Labute approximate surface area is 114 Å². The summed E-state index contributed by atoms with van der Waals surface area (Å²) >= 11 is 0. The minimum atomic E-state index is -0.737. The third kappa shape index (κ3) is 6.07. The fourth-order valence-electron chi connectivity index (χ4n) is 1.90. The third-order valence-corrected chi connectivity index (χ3v) is 2.93. The quantitative estimate of drug-likeness (QED) is 0.564. The first kappa shape index (κ1) is 16.0. The predicted octanol–water partition coefficient (Wildman–Crippen LogP) is 2.01. The van der Waals surface area contributed by atoms with E-state index in [0.717, 1.165) is 0 Å². The predicted molar refractivity (Wildman–Crippen MR) is 70.7 cm³/mol. The van der Waals surface area contributed by atoms with Gasteiger partial charge in [0, 0.05) is 6.42 Å². The molecule has 0 amide bonds. The van der Waals surface area contributed by atoms with Crippen molar-refractivity contribution >= 4 is 6.16 Å². The fraction of sp³-hybridized carbons (Fsp3) is 0.786. The van der Waals surface area contributed by atoms with Gasteiger partial charge >= 0.3 is 6.16 Å². The molecule has 0 radical (unpaired) electrons. The van der Waals surface area contributed by atoms with E-state index in [1.54, 1.807) is 32.9 Å². The van der Waals surface area contributed by atoms with Crippen molar-refractivity contribution in [2.45, 2.75) is 64.4 Å². The smallest absolute Gasteiger partial charge is 0.429 e. The van der Waals surface area contributed by atoms with E-state index in [-0.39, 0.29) is 5.92 Å². The van der Waals surface area contributed by atoms with Crippen molar-refractivity contribution in [2.24, 2.45) is 5.92 Å². The van der Waals surface area contributed by atoms with E-state index in [9.17, 15) is 15.0 Å². The van der Waals surface area contributed by atoms with Gasteiger partial charge in [-0.3, -0.25) is 0 Å². The molecule has 0 bridgehead atoms. The molecule has 0 saturated carbocycles. The first-order valence-corrected chi connectivity index (χ1v) is 6.61. The van der Waals surface area contributed by atoms with Crippen molar-refractivity contribution in [1.29, 1.82) is 0 Å². The number of hydrogen-bond acceptors (Lipinski definition) is 5. The average Bonchev–Trinajstić information content (AvgIpc) is 2.21. The lowest BCUT2D eigenvalue weighted by molar-refractivity contribution is -0.0291. The van der Waals surface area contributed by atoms with E-state index < -0.39 is 30.1 Å². The highest BCUT2D eigenvalue weighted by Crippen LogP contribution is 2.22. The van der Waals surface area contributed by atoms with Crippen molar-refractivity contribution in [3.63, 3.8) is 0 Å². The summed E-state index contributed by atoms with van der Waals surface area (Å²) in [6.45, 7) is 7.15. The molecule has 0 aliphatic heterocycles. The van der Waals surface area contributed by atoms with Gasteiger partial charge in [-0.2, -0.15) is 0 Å². The van der Waals surface area contributed by atoms with Gasteiger partial charge in [-0.15, -0.1) is 0 Å². The van der Waals surface area contributed by atoms with E-state index in [2.05, 4.69) is 0 Å². The van der Waals surface area contributed by atoms with Crippen LogP contribution in [0.2, 0.25) is 0 Å². The summed E-state index contributed by atoms with van der Waals surface area (Å²) in [6.07, 6.45) is 1.45. The lowest BCUT2D eigenvalue weighted by atomic mass is 9.90. The first-order valence-electron chi connectivity index (χ1n) is 6.61. The Balaban J connectivity index is 2.63. The van der Waals surface area contributed by atoms with Crippen molar-refractivity contribution in [3.05, 3.63) is 12.2 Å². The summed E-state index contributed by atoms with van der Waals surface area (Å²) in [5.74, 6) is -0.0629. The number of hydrogen-bond donors (Lipinski definition) is 2. The summed E-state index contributed by atoms with van der Waals surface area (Å²) in [6, 6.07) is 0. The molecular weight excluding hydrogens is 248 g/mol. The van der Waals surface area contributed by atoms with E-state index in [1.165, 1.54) is 0 Å². The molecular formula is C14H24O5. The Morgan fingerprint density at radius 1 is 1.21 bits per heavy atom. The number of ether oxygens (including phenoxy) is 2. The van der Waals surface area contributed by atoms with Crippen LogP contribution in [-0.4, -0.2) is 40.3 Å². The van der Waals surface area contributed by atoms with Gasteiger partial charge in [-0.1, -0.05) is 13.0 Å². The third-order valence-electron chi connectivity index (χ3n) is 2.93. The Hall–Kier alpha value is -1.07. The summed E-state index contributed by atoms with van der Waals surface area (Å²) in [5, 5.41) is 19.4. The molecule has 19 heavy (non-hydrogen) atoms. The van der Waals surface area contributed by atoms with E-state index in [0.29, 0.717) is 12.8 Å². The molecule has 4 unspecified atom stereocenters. The molecule has 4 atom stereocenters. The maximum atomic E-state index is 11.6. The Morgan fingerprint density at radius 3 is 2.42 bits per heavy atom. The molecule has 0 aromatic carbocycles. The molecule has 0 aromatic rings. The van der Waals surface area contributed by atoms with Crippen LogP contribution in [0.1, 0.15) is 40.5 Å². The summed E-state index contributed by atoms with van der Waals surface area (Å²) in [4.78, 5) is 11.6. The molecule has 0 aromatic heterocycles. The minimum absolute atomic E-state index is 0.0629. The molecule has 0 heterocycles. The van der Waals surface area contributed by atoms with Crippen molar-refractivity contribution in [3.8, 4) is 0 Å². The zero-order valence-corrected chi connectivity index (χ0v) is 12.0. The number of carbonyl (C=O) groups excluding carboxylic acids is 1. The van der Waals surface area contributed by atoms with Crippen LogP contribution in [0.3, 0.4) is 0 Å². The van der Waals surface area contributed by atoms with Crippen LogP contribution < -0.4 is 0 Å². The highest BCUT2D eigenvalue weighted by Gasteiger charge is 2.26. The zero-order valence-electron chi connectivity index (χ0n) is 12.0. The van der Waals surface area contributed by atoms with Gasteiger partial charge in [0.05, 0.1) is 12.2 Å². The second-order valence-corrected chi connectivity index (χ2v) is 6.09. The van der Waals surface area contributed by atoms with Gasteiger partial charge in [0.2, 0.25) is 0 Å². The highest BCUT2D eigenvalue weighted by atomic mass is 16.7. The average molecular weight is 272 g/mol.